The Morgan fingerprint density at radius 2 is 1.65 bits per heavy atom. The number of carbonyl (C=O) groups excluding carboxylic acids is 3. The Labute approximate surface area is 179 Å². The molecule has 3 aromatic rings. The molecule has 0 aliphatic carbocycles. The fourth-order valence-electron chi connectivity index (χ4n) is 2.87. The number of anilines is 1. The molecule has 1 atom stereocenters. The van der Waals surface area contributed by atoms with E-state index in [4.69, 9.17) is 4.74 Å². The summed E-state index contributed by atoms with van der Waals surface area (Å²) in [6, 6.07) is 21.9. The van der Waals surface area contributed by atoms with E-state index in [1.165, 1.54) is 25.1 Å². The van der Waals surface area contributed by atoms with Gasteiger partial charge < -0.3 is 15.4 Å². The molecule has 0 radical (unpaired) electrons. The summed E-state index contributed by atoms with van der Waals surface area (Å²) in [6.07, 6.45) is -1.08. The second-order valence-corrected chi connectivity index (χ2v) is 6.73. The Kier molecular flexibility index (Phi) is 7.11. The standard InChI is InChI=1S/C24H21FN2O4/c1-16(31-22(28)15-26-24(30)18-10-7-11-19(25)14-18)23(29)27-21-13-6-5-12-20(21)17-8-3-2-4-9-17/h2-14,16H,15H2,1H3,(H,26,30)(H,27,29)/t16-/m0/s1. The summed E-state index contributed by atoms with van der Waals surface area (Å²) in [5.41, 5.74) is 2.43. The number of amides is 2. The van der Waals surface area contributed by atoms with Crippen molar-refractivity contribution in [3.8, 4) is 11.1 Å². The molecular formula is C24H21FN2O4. The highest BCUT2D eigenvalue weighted by molar-refractivity contribution is 5.99. The molecule has 0 aliphatic rings. The number of esters is 1. The van der Waals surface area contributed by atoms with Crippen LogP contribution in [0.4, 0.5) is 10.1 Å². The maximum Gasteiger partial charge on any atom is 0.326 e. The van der Waals surface area contributed by atoms with E-state index in [-0.39, 0.29) is 5.56 Å². The molecule has 2 amide bonds. The number of halogens is 1. The quantitative estimate of drug-likeness (QED) is 0.570. The van der Waals surface area contributed by atoms with Gasteiger partial charge in [-0.3, -0.25) is 14.4 Å². The first-order chi connectivity index (χ1) is 14.9. The van der Waals surface area contributed by atoms with Crippen molar-refractivity contribution < 1.29 is 23.5 Å². The van der Waals surface area contributed by atoms with Gasteiger partial charge in [-0.2, -0.15) is 0 Å². The van der Waals surface area contributed by atoms with Crippen LogP contribution in [0.25, 0.3) is 11.1 Å². The van der Waals surface area contributed by atoms with Crippen LogP contribution in [0, 0.1) is 5.82 Å². The van der Waals surface area contributed by atoms with Crippen molar-refractivity contribution in [2.45, 2.75) is 13.0 Å². The Balaban J connectivity index is 1.55. The number of ether oxygens (including phenoxy) is 1. The van der Waals surface area contributed by atoms with Crippen LogP contribution < -0.4 is 10.6 Å². The van der Waals surface area contributed by atoms with E-state index < -0.39 is 36.2 Å². The number of para-hydroxylation sites is 1. The molecule has 0 saturated heterocycles. The number of benzene rings is 3. The van der Waals surface area contributed by atoms with Gasteiger partial charge >= 0.3 is 5.97 Å². The fraction of sp³-hybridized carbons (Fsp3) is 0.125. The van der Waals surface area contributed by atoms with E-state index >= 15 is 0 Å². The van der Waals surface area contributed by atoms with Gasteiger partial charge in [-0.25, -0.2) is 4.39 Å². The van der Waals surface area contributed by atoms with Crippen LogP contribution in [-0.2, 0) is 14.3 Å². The average Bonchev–Trinajstić information content (AvgIpc) is 2.78. The molecule has 0 spiro atoms. The first-order valence-corrected chi connectivity index (χ1v) is 9.62. The van der Waals surface area contributed by atoms with Crippen LogP contribution >= 0.6 is 0 Å². The number of carbonyl (C=O) groups is 3. The van der Waals surface area contributed by atoms with Gasteiger partial charge in [-0.1, -0.05) is 54.6 Å². The molecule has 3 aromatic carbocycles. The zero-order chi connectivity index (χ0) is 22.2. The van der Waals surface area contributed by atoms with Crippen molar-refractivity contribution >= 4 is 23.5 Å². The first-order valence-electron chi connectivity index (χ1n) is 9.62. The van der Waals surface area contributed by atoms with Gasteiger partial charge in [0.2, 0.25) is 0 Å². The zero-order valence-corrected chi connectivity index (χ0v) is 16.8. The number of nitrogens with one attached hydrogen (secondary N) is 2. The first kappa shape index (κ1) is 21.7. The smallest absolute Gasteiger partial charge is 0.326 e. The van der Waals surface area contributed by atoms with Crippen LogP contribution in [0.15, 0.2) is 78.9 Å². The molecule has 0 fully saturated rings. The van der Waals surface area contributed by atoms with Crippen molar-refractivity contribution in [3.05, 3.63) is 90.2 Å². The highest BCUT2D eigenvalue weighted by atomic mass is 19.1. The van der Waals surface area contributed by atoms with E-state index in [1.54, 1.807) is 12.1 Å². The van der Waals surface area contributed by atoms with Gasteiger partial charge in [0.1, 0.15) is 12.4 Å². The van der Waals surface area contributed by atoms with Crippen molar-refractivity contribution in [1.29, 1.82) is 0 Å². The number of hydrogen-bond donors (Lipinski definition) is 2. The number of rotatable bonds is 7. The SMILES string of the molecule is C[C@H](OC(=O)CNC(=O)c1cccc(F)c1)C(=O)Nc1ccccc1-c1ccccc1. The second kappa shape index (κ2) is 10.2. The van der Waals surface area contributed by atoms with Crippen LogP contribution in [0.3, 0.4) is 0 Å². The van der Waals surface area contributed by atoms with Gasteiger partial charge in [0.25, 0.3) is 11.8 Å². The molecule has 0 aliphatic heterocycles. The predicted molar refractivity (Wildman–Crippen MR) is 115 cm³/mol. The van der Waals surface area contributed by atoms with E-state index in [0.717, 1.165) is 17.2 Å². The minimum Gasteiger partial charge on any atom is -0.451 e. The van der Waals surface area contributed by atoms with Crippen molar-refractivity contribution in [1.82, 2.24) is 5.32 Å². The van der Waals surface area contributed by atoms with Crippen LogP contribution in [0.5, 0.6) is 0 Å². The molecule has 158 valence electrons. The molecule has 0 saturated carbocycles. The van der Waals surface area contributed by atoms with Gasteiger partial charge in [-0.05, 0) is 36.8 Å². The Hall–Kier alpha value is -4.00. The molecule has 0 bridgehead atoms. The highest BCUT2D eigenvalue weighted by Crippen LogP contribution is 2.27. The molecule has 6 nitrogen and oxygen atoms in total. The summed E-state index contributed by atoms with van der Waals surface area (Å²) in [7, 11) is 0. The largest absolute Gasteiger partial charge is 0.451 e. The van der Waals surface area contributed by atoms with Crippen molar-refractivity contribution in [2.75, 3.05) is 11.9 Å². The topological polar surface area (TPSA) is 84.5 Å². The minimum atomic E-state index is -1.08. The van der Waals surface area contributed by atoms with Crippen LogP contribution in [0.1, 0.15) is 17.3 Å². The lowest BCUT2D eigenvalue weighted by Gasteiger charge is -2.16. The molecule has 2 N–H and O–H groups in total. The summed E-state index contributed by atoms with van der Waals surface area (Å²) in [6.45, 7) is 0.986. The third-order valence-corrected chi connectivity index (χ3v) is 4.43. The van der Waals surface area contributed by atoms with E-state index in [9.17, 15) is 18.8 Å². The Bertz CT molecular complexity index is 1090. The lowest BCUT2D eigenvalue weighted by molar-refractivity contribution is -0.152. The summed E-state index contributed by atoms with van der Waals surface area (Å²) in [5.74, 6) is -2.47. The van der Waals surface area contributed by atoms with Gasteiger partial charge in [0, 0.05) is 16.8 Å². The van der Waals surface area contributed by atoms with Crippen molar-refractivity contribution in [2.24, 2.45) is 0 Å². The Morgan fingerprint density at radius 1 is 0.935 bits per heavy atom. The average molecular weight is 420 g/mol. The molecule has 3 rings (SSSR count). The summed E-state index contributed by atoms with van der Waals surface area (Å²) in [4.78, 5) is 36.5. The van der Waals surface area contributed by atoms with Gasteiger partial charge in [-0.15, -0.1) is 0 Å². The van der Waals surface area contributed by atoms with Crippen LogP contribution in [-0.4, -0.2) is 30.4 Å². The van der Waals surface area contributed by atoms with Gasteiger partial charge in [0.05, 0.1) is 0 Å². The molecule has 0 heterocycles. The van der Waals surface area contributed by atoms with Crippen LogP contribution in [0.2, 0.25) is 0 Å². The third-order valence-electron chi connectivity index (χ3n) is 4.43. The third kappa shape index (κ3) is 5.99. The maximum atomic E-state index is 13.2. The summed E-state index contributed by atoms with van der Waals surface area (Å²) < 4.78 is 18.3. The molecule has 7 heteroatoms. The predicted octanol–water partition coefficient (Wildman–Crippen LogP) is 3.79. The zero-order valence-electron chi connectivity index (χ0n) is 16.8. The summed E-state index contributed by atoms with van der Waals surface area (Å²) in [5, 5.41) is 5.10. The lowest BCUT2D eigenvalue weighted by atomic mass is 10.0. The number of hydrogen-bond acceptors (Lipinski definition) is 4. The normalized spacial score (nSPS) is 11.3. The molecule has 0 aromatic heterocycles. The van der Waals surface area contributed by atoms with Crippen molar-refractivity contribution in [3.63, 3.8) is 0 Å². The maximum absolute atomic E-state index is 13.2. The minimum absolute atomic E-state index is 0.0797. The Morgan fingerprint density at radius 3 is 2.39 bits per heavy atom. The molecule has 31 heavy (non-hydrogen) atoms. The lowest BCUT2D eigenvalue weighted by Crippen LogP contribution is -2.35. The van der Waals surface area contributed by atoms with E-state index in [2.05, 4.69) is 10.6 Å². The molecular weight excluding hydrogens is 399 g/mol. The molecule has 0 unspecified atom stereocenters. The monoisotopic (exact) mass is 420 g/mol. The second-order valence-electron chi connectivity index (χ2n) is 6.73. The van der Waals surface area contributed by atoms with E-state index in [0.29, 0.717) is 5.69 Å². The fourth-order valence-corrected chi connectivity index (χ4v) is 2.87. The highest BCUT2D eigenvalue weighted by Gasteiger charge is 2.20. The van der Waals surface area contributed by atoms with E-state index in [1.807, 2.05) is 42.5 Å². The van der Waals surface area contributed by atoms with Gasteiger partial charge in [0.15, 0.2) is 6.10 Å². The summed E-state index contributed by atoms with van der Waals surface area (Å²) >= 11 is 0.